The molecule has 0 saturated heterocycles. The Morgan fingerprint density at radius 1 is 1.28 bits per heavy atom. The Morgan fingerprint density at radius 2 is 1.89 bits per heavy atom. The number of halogens is 1. The van der Waals surface area contributed by atoms with E-state index in [9.17, 15) is 8.42 Å². The summed E-state index contributed by atoms with van der Waals surface area (Å²) in [5.41, 5.74) is 5.48. The van der Waals surface area contributed by atoms with Gasteiger partial charge < -0.3 is 15.2 Å². The van der Waals surface area contributed by atoms with Gasteiger partial charge in [0.2, 0.25) is 10.0 Å². The van der Waals surface area contributed by atoms with Gasteiger partial charge in [-0.2, -0.15) is 0 Å². The second kappa shape index (κ2) is 6.12. The van der Waals surface area contributed by atoms with Crippen LogP contribution in [0.15, 0.2) is 12.1 Å². The van der Waals surface area contributed by atoms with E-state index < -0.39 is 10.0 Å². The van der Waals surface area contributed by atoms with E-state index in [-0.39, 0.29) is 18.0 Å². The van der Waals surface area contributed by atoms with Crippen molar-refractivity contribution < 1.29 is 17.9 Å². The van der Waals surface area contributed by atoms with Crippen LogP contribution < -0.4 is 19.9 Å². The second-order valence-corrected chi connectivity index (χ2v) is 5.65. The maximum Gasteiger partial charge on any atom is 0.234 e. The predicted molar refractivity (Wildman–Crippen MR) is 71.0 cm³/mol. The maximum absolute atomic E-state index is 11.6. The van der Waals surface area contributed by atoms with Gasteiger partial charge in [-0.15, -0.1) is 0 Å². The van der Waals surface area contributed by atoms with E-state index in [1.807, 2.05) is 0 Å². The molecule has 6 nitrogen and oxygen atoms in total. The van der Waals surface area contributed by atoms with Crippen molar-refractivity contribution in [3.05, 3.63) is 17.2 Å². The molecule has 0 unspecified atom stereocenters. The van der Waals surface area contributed by atoms with Crippen LogP contribution in [0.5, 0.6) is 11.5 Å². The number of benzene rings is 1. The lowest BCUT2D eigenvalue weighted by Gasteiger charge is -2.13. The molecule has 0 radical (unpaired) electrons. The van der Waals surface area contributed by atoms with E-state index in [0.29, 0.717) is 16.5 Å². The largest absolute Gasteiger partial charge is 0.495 e. The van der Waals surface area contributed by atoms with Crippen LogP contribution in [0.4, 0.5) is 5.69 Å². The summed E-state index contributed by atoms with van der Waals surface area (Å²) in [4.78, 5) is 0. The molecule has 0 bridgehead atoms. The van der Waals surface area contributed by atoms with Crippen LogP contribution in [0, 0.1) is 0 Å². The fraction of sp³-hybridized carbons (Fsp3) is 0.400. The van der Waals surface area contributed by atoms with E-state index in [4.69, 9.17) is 26.8 Å². The average Bonchev–Trinajstić information content (AvgIpc) is 2.30. The van der Waals surface area contributed by atoms with Gasteiger partial charge in [-0.05, 0) is 0 Å². The summed E-state index contributed by atoms with van der Waals surface area (Å²) in [7, 11) is -0.657. The topological polar surface area (TPSA) is 90.7 Å². The van der Waals surface area contributed by atoms with Crippen LogP contribution in [-0.2, 0) is 10.0 Å². The van der Waals surface area contributed by atoms with Crippen molar-refractivity contribution in [2.24, 2.45) is 5.73 Å². The number of hydrogen-bond donors (Lipinski definition) is 2. The van der Waals surface area contributed by atoms with E-state index in [1.54, 1.807) is 0 Å². The molecule has 0 amide bonds. The zero-order valence-corrected chi connectivity index (χ0v) is 11.6. The normalized spacial score (nSPS) is 11.1. The SMILES string of the molecule is COc1cc(NS(=O)(=O)CCN)c(OC)cc1Cl. The number of anilines is 1. The molecule has 18 heavy (non-hydrogen) atoms. The summed E-state index contributed by atoms with van der Waals surface area (Å²) in [5.74, 6) is 0.477. The van der Waals surface area contributed by atoms with Gasteiger partial charge >= 0.3 is 0 Å². The lowest BCUT2D eigenvalue weighted by atomic mass is 10.3. The molecule has 1 rings (SSSR count). The molecule has 0 atom stereocenters. The van der Waals surface area contributed by atoms with Gasteiger partial charge in [0, 0.05) is 18.7 Å². The molecule has 0 aliphatic carbocycles. The molecule has 0 fully saturated rings. The average molecular weight is 295 g/mol. The highest BCUT2D eigenvalue weighted by Gasteiger charge is 2.15. The standard InChI is InChI=1S/C10H15ClN2O4S/c1-16-9-6-8(10(17-2)5-7(9)11)13-18(14,15)4-3-12/h5-6,13H,3-4,12H2,1-2H3. The number of nitrogens with one attached hydrogen (secondary N) is 1. The first-order chi connectivity index (χ1) is 8.43. The maximum atomic E-state index is 11.6. The van der Waals surface area contributed by atoms with Crippen molar-refractivity contribution in [2.75, 3.05) is 31.2 Å². The molecule has 0 aliphatic heterocycles. The fourth-order valence-corrected chi connectivity index (χ4v) is 2.45. The summed E-state index contributed by atoms with van der Waals surface area (Å²) in [6.07, 6.45) is 0. The number of nitrogens with two attached hydrogens (primary N) is 1. The van der Waals surface area contributed by atoms with Gasteiger partial charge in [0.15, 0.2) is 0 Å². The monoisotopic (exact) mass is 294 g/mol. The van der Waals surface area contributed by atoms with E-state index >= 15 is 0 Å². The second-order valence-electron chi connectivity index (χ2n) is 3.40. The first-order valence-corrected chi connectivity index (χ1v) is 7.08. The molecule has 0 aromatic heterocycles. The molecule has 1 aromatic rings. The minimum Gasteiger partial charge on any atom is -0.495 e. The van der Waals surface area contributed by atoms with Crippen LogP contribution in [0.2, 0.25) is 5.02 Å². The van der Waals surface area contributed by atoms with Gasteiger partial charge in [0.05, 0.1) is 30.7 Å². The Bertz CT molecular complexity index is 519. The highest BCUT2D eigenvalue weighted by Crippen LogP contribution is 2.36. The predicted octanol–water partition coefficient (Wildman–Crippen LogP) is 1.06. The number of hydrogen-bond acceptors (Lipinski definition) is 5. The Labute approximate surface area is 111 Å². The quantitative estimate of drug-likeness (QED) is 0.818. The van der Waals surface area contributed by atoms with Gasteiger partial charge in [-0.25, -0.2) is 8.42 Å². The van der Waals surface area contributed by atoms with E-state index in [0.717, 1.165) is 0 Å². The van der Waals surface area contributed by atoms with Crippen molar-refractivity contribution in [1.82, 2.24) is 0 Å². The summed E-state index contributed by atoms with van der Waals surface area (Å²) in [6, 6.07) is 2.93. The number of rotatable bonds is 6. The summed E-state index contributed by atoms with van der Waals surface area (Å²) >= 11 is 5.91. The van der Waals surface area contributed by atoms with Gasteiger partial charge in [0.1, 0.15) is 11.5 Å². The third kappa shape index (κ3) is 3.66. The third-order valence-electron chi connectivity index (χ3n) is 2.13. The summed E-state index contributed by atoms with van der Waals surface area (Å²) < 4.78 is 35.7. The van der Waals surface area contributed by atoms with Crippen LogP contribution in [0.3, 0.4) is 0 Å². The lowest BCUT2D eigenvalue weighted by molar-refractivity contribution is 0.405. The van der Waals surface area contributed by atoms with Crippen molar-refractivity contribution in [3.8, 4) is 11.5 Å². The summed E-state index contributed by atoms with van der Waals surface area (Å²) in [6.45, 7) is 0.0301. The number of ether oxygens (including phenoxy) is 2. The lowest BCUT2D eigenvalue weighted by Crippen LogP contribution is -2.22. The van der Waals surface area contributed by atoms with Gasteiger partial charge in [-0.1, -0.05) is 11.6 Å². The molecule has 8 heteroatoms. The molecule has 0 heterocycles. The Balaban J connectivity index is 3.15. The zero-order chi connectivity index (χ0) is 13.8. The van der Waals surface area contributed by atoms with Crippen LogP contribution in [0.1, 0.15) is 0 Å². The van der Waals surface area contributed by atoms with E-state index in [1.165, 1.54) is 26.4 Å². The molecule has 0 spiro atoms. The zero-order valence-electron chi connectivity index (χ0n) is 10.1. The first kappa shape index (κ1) is 14.9. The van der Waals surface area contributed by atoms with Crippen molar-refractivity contribution in [1.29, 1.82) is 0 Å². The van der Waals surface area contributed by atoms with Crippen molar-refractivity contribution >= 4 is 27.3 Å². The minimum absolute atomic E-state index is 0.0301. The molecular weight excluding hydrogens is 280 g/mol. The smallest absolute Gasteiger partial charge is 0.234 e. The van der Waals surface area contributed by atoms with Crippen LogP contribution >= 0.6 is 11.6 Å². The molecule has 102 valence electrons. The molecule has 0 saturated carbocycles. The Hall–Kier alpha value is -1.18. The van der Waals surface area contributed by atoms with Crippen molar-refractivity contribution in [3.63, 3.8) is 0 Å². The summed E-state index contributed by atoms with van der Waals surface area (Å²) in [5, 5.41) is 0.330. The number of sulfonamides is 1. The van der Waals surface area contributed by atoms with Gasteiger partial charge in [-0.3, -0.25) is 4.72 Å². The Kier molecular flexibility index (Phi) is 5.06. The third-order valence-corrected chi connectivity index (χ3v) is 3.73. The van der Waals surface area contributed by atoms with Gasteiger partial charge in [0.25, 0.3) is 0 Å². The molecule has 1 aromatic carbocycles. The number of methoxy groups -OCH3 is 2. The Morgan fingerprint density at radius 3 is 2.39 bits per heavy atom. The highest BCUT2D eigenvalue weighted by molar-refractivity contribution is 7.92. The molecular formula is C10H15ClN2O4S. The van der Waals surface area contributed by atoms with E-state index in [2.05, 4.69) is 4.72 Å². The van der Waals surface area contributed by atoms with Crippen molar-refractivity contribution in [2.45, 2.75) is 0 Å². The molecule has 3 N–H and O–H groups in total. The minimum atomic E-state index is -3.51. The van der Waals surface area contributed by atoms with Crippen LogP contribution in [0.25, 0.3) is 0 Å². The first-order valence-electron chi connectivity index (χ1n) is 5.05. The molecule has 0 aliphatic rings. The highest BCUT2D eigenvalue weighted by atomic mass is 35.5. The van der Waals surface area contributed by atoms with Crippen LogP contribution in [-0.4, -0.2) is 34.9 Å². The fourth-order valence-electron chi connectivity index (χ4n) is 1.31.